The Morgan fingerprint density at radius 2 is 1.63 bits per heavy atom. The number of nitrogens with one attached hydrogen (secondary N) is 1. The van der Waals surface area contributed by atoms with Gasteiger partial charge in [0, 0.05) is 67.3 Å². The molecule has 2 heterocycles. The number of benzene rings is 2. The SMILES string of the molecule is CC.CN(C)CCN1CCN(C(=O)c2ccc(Nc3nccc(-c4ccc(Cl)cc4)n3)cc2)CC1. The number of carbonyl (C=O) groups is 1. The second kappa shape index (κ2) is 13.2. The number of hydrogen-bond donors (Lipinski definition) is 1. The lowest BCUT2D eigenvalue weighted by molar-refractivity contribution is 0.0630. The van der Waals surface area contributed by atoms with E-state index in [0.29, 0.717) is 16.5 Å². The lowest BCUT2D eigenvalue weighted by Gasteiger charge is -2.35. The van der Waals surface area contributed by atoms with Crippen LogP contribution in [0.4, 0.5) is 11.6 Å². The predicted octanol–water partition coefficient (Wildman–Crippen LogP) is 4.89. The number of amides is 1. The lowest BCUT2D eigenvalue weighted by atomic mass is 10.1. The Bertz CT molecular complexity index is 1060. The maximum absolute atomic E-state index is 12.9. The van der Waals surface area contributed by atoms with Crippen LogP contribution in [-0.4, -0.2) is 83.9 Å². The first-order valence-corrected chi connectivity index (χ1v) is 12.5. The van der Waals surface area contributed by atoms with Gasteiger partial charge in [-0.05, 0) is 56.6 Å². The van der Waals surface area contributed by atoms with Crippen molar-refractivity contribution in [2.45, 2.75) is 13.8 Å². The monoisotopic (exact) mass is 494 g/mol. The molecular weight excluding hydrogens is 460 g/mol. The van der Waals surface area contributed by atoms with Gasteiger partial charge >= 0.3 is 0 Å². The van der Waals surface area contributed by atoms with Crippen LogP contribution in [0.3, 0.4) is 0 Å². The fourth-order valence-electron chi connectivity index (χ4n) is 3.72. The zero-order chi connectivity index (χ0) is 25.2. The summed E-state index contributed by atoms with van der Waals surface area (Å²) < 4.78 is 0. The number of halogens is 1. The quantitative estimate of drug-likeness (QED) is 0.504. The maximum Gasteiger partial charge on any atom is 0.253 e. The van der Waals surface area contributed by atoms with Gasteiger partial charge in [0.2, 0.25) is 5.95 Å². The van der Waals surface area contributed by atoms with Crippen LogP contribution in [0.2, 0.25) is 5.02 Å². The molecule has 1 aliphatic heterocycles. The molecule has 0 radical (unpaired) electrons. The molecule has 186 valence electrons. The summed E-state index contributed by atoms with van der Waals surface area (Å²) in [4.78, 5) is 28.3. The highest BCUT2D eigenvalue weighted by molar-refractivity contribution is 6.30. The summed E-state index contributed by atoms with van der Waals surface area (Å²) in [6.45, 7) is 9.43. The minimum absolute atomic E-state index is 0.0785. The summed E-state index contributed by atoms with van der Waals surface area (Å²) >= 11 is 5.98. The number of anilines is 2. The number of carbonyl (C=O) groups excluding carboxylic acids is 1. The molecule has 0 spiro atoms. The Morgan fingerprint density at radius 1 is 0.971 bits per heavy atom. The van der Waals surface area contributed by atoms with Crippen LogP contribution in [0.15, 0.2) is 60.8 Å². The fourth-order valence-corrected chi connectivity index (χ4v) is 3.85. The molecule has 0 aliphatic carbocycles. The van der Waals surface area contributed by atoms with Crippen molar-refractivity contribution in [2.24, 2.45) is 0 Å². The van der Waals surface area contributed by atoms with E-state index in [9.17, 15) is 4.79 Å². The minimum atomic E-state index is 0.0785. The molecule has 1 fully saturated rings. The first kappa shape index (κ1) is 26.6. The highest BCUT2D eigenvalue weighted by Gasteiger charge is 2.22. The van der Waals surface area contributed by atoms with Gasteiger partial charge in [0.1, 0.15) is 0 Å². The molecule has 1 aliphatic rings. The van der Waals surface area contributed by atoms with E-state index in [0.717, 1.165) is 56.2 Å². The molecular formula is C27H35ClN6O. The van der Waals surface area contributed by atoms with Crippen LogP contribution < -0.4 is 5.32 Å². The van der Waals surface area contributed by atoms with E-state index in [1.54, 1.807) is 6.20 Å². The van der Waals surface area contributed by atoms with Crippen molar-refractivity contribution < 1.29 is 4.79 Å². The molecule has 0 unspecified atom stereocenters. The van der Waals surface area contributed by atoms with Gasteiger partial charge in [-0.3, -0.25) is 9.69 Å². The molecule has 7 nitrogen and oxygen atoms in total. The highest BCUT2D eigenvalue weighted by atomic mass is 35.5. The molecule has 0 bridgehead atoms. The van der Waals surface area contributed by atoms with Gasteiger partial charge in [-0.1, -0.05) is 37.6 Å². The molecule has 3 aromatic rings. The van der Waals surface area contributed by atoms with Crippen LogP contribution in [0, 0.1) is 0 Å². The Morgan fingerprint density at radius 3 is 2.26 bits per heavy atom. The van der Waals surface area contributed by atoms with Crippen LogP contribution in [0.25, 0.3) is 11.3 Å². The second-order valence-corrected chi connectivity index (χ2v) is 8.85. The summed E-state index contributed by atoms with van der Waals surface area (Å²) in [5.74, 6) is 0.574. The van der Waals surface area contributed by atoms with Crippen molar-refractivity contribution in [3.05, 3.63) is 71.4 Å². The largest absolute Gasteiger partial charge is 0.336 e. The van der Waals surface area contributed by atoms with Crippen LogP contribution in [0.5, 0.6) is 0 Å². The molecule has 1 aromatic heterocycles. The molecule has 0 atom stereocenters. The molecule has 2 aromatic carbocycles. The van der Waals surface area contributed by atoms with Gasteiger partial charge in [-0.15, -0.1) is 0 Å². The van der Waals surface area contributed by atoms with E-state index >= 15 is 0 Å². The molecule has 1 N–H and O–H groups in total. The van der Waals surface area contributed by atoms with E-state index < -0.39 is 0 Å². The predicted molar refractivity (Wildman–Crippen MR) is 144 cm³/mol. The fraction of sp³-hybridized carbons (Fsp3) is 0.370. The van der Waals surface area contributed by atoms with Gasteiger partial charge in [0.15, 0.2) is 0 Å². The Labute approximate surface area is 213 Å². The zero-order valence-corrected chi connectivity index (χ0v) is 21.8. The number of nitrogens with zero attached hydrogens (tertiary/aromatic N) is 5. The second-order valence-electron chi connectivity index (χ2n) is 8.41. The van der Waals surface area contributed by atoms with Gasteiger partial charge in [-0.25, -0.2) is 9.97 Å². The Hall–Kier alpha value is -3.00. The minimum Gasteiger partial charge on any atom is -0.336 e. The van der Waals surface area contributed by atoms with Gasteiger partial charge in [0.05, 0.1) is 5.69 Å². The average Bonchev–Trinajstić information content (AvgIpc) is 2.89. The average molecular weight is 495 g/mol. The summed E-state index contributed by atoms with van der Waals surface area (Å²) in [6, 6.07) is 16.9. The molecule has 8 heteroatoms. The van der Waals surface area contributed by atoms with Gasteiger partial charge in [-0.2, -0.15) is 0 Å². The van der Waals surface area contributed by atoms with Gasteiger partial charge < -0.3 is 15.1 Å². The normalized spacial score (nSPS) is 13.8. The van der Waals surface area contributed by atoms with E-state index in [1.807, 2.05) is 73.3 Å². The Kier molecular flexibility index (Phi) is 10.0. The number of likely N-dealkylation sites (N-methyl/N-ethyl adjacent to an activating group) is 1. The topological polar surface area (TPSA) is 64.6 Å². The molecule has 1 amide bonds. The van der Waals surface area contributed by atoms with E-state index in [1.165, 1.54) is 0 Å². The van der Waals surface area contributed by atoms with Crippen molar-refractivity contribution in [1.82, 2.24) is 24.7 Å². The molecule has 35 heavy (non-hydrogen) atoms. The summed E-state index contributed by atoms with van der Waals surface area (Å²) in [6.07, 6.45) is 1.72. The number of aromatic nitrogens is 2. The third-order valence-corrected chi connectivity index (χ3v) is 5.96. The summed E-state index contributed by atoms with van der Waals surface area (Å²) in [5, 5.41) is 3.90. The Balaban J connectivity index is 0.00000167. The van der Waals surface area contributed by atoms with Crippen LogP contribution >= 0.6 is 11.6 Å². The molecule has 1 saturated heterocycles. The number of rotatable bonds is 7. The van der Waals surface area contributed by atoms with Crippen molar-refractivity contribution in [3.8, 4) is 11.3 Å². The molecule has 4 rings (SSSR count). The summed E-state index contributed by atoms with van der Waals surface area (Å²) in [7, 11) is 4.17. The first-order valence-electron chi connectivity index (χ1n) is 12.1. The first-order chi connectivity index (χ1) is 17.0. The number of hydrogen-bond acceptors (Lipinski definition) is 6. The lowest BCUT2D eigenvalue weighted by Crippen LogP contribution is -2.49. The summed E-state index contributed by atoms with van der Waals surface area (Å²) in [5.41, 5.74) is 3.29. The van der Waals surface area contributed by atoms with E-state index in [2.05, 4.69) is 39.2 Å². The maximum atomic E-state index is 12.9. The van der Waals surface area contributed by atoms with Crippen LogP contribution in [-0.2, 0) is 0 Å². The van der Waals surface area contributed by atoms with Crippen molar-refractivity contribution in [1.29, 1.82) is 0 Å². The third-order valence-electron chi connectivity index (χ3n) is 5.71. The van der Waals surface area contributed by atoms with E-state index in [4.69, 9.17) is 11.6 Å². The highest BCUT2D eigenvalue weighted by Crippen LogP contribution is 2.22. The molecule has 0 saturated carbocycles. The zero-order valence-electron chi connectivity index (χ0n) is 21.0. The standard InChI is InChI=1S/C25H29ClN6O.C2H6/c1-30(2)13-14-31-15-17-32(18-16-31)24(33)20-5-9-22(10-6-20)28-25-27-12-11-23(29-25)19-3-7-21(26)8-4-19;1-2/h3-12H,13-18H2,1-2H3,(H,27,28,29);1-2H3. The van der Waals surface area contributed by atoms with Crippen molar-refractivity contribution in [3.63, 3.8) is 0 Å². The van der Waals surface area contributed by atoms with E-state index in [-0.39, 0.29) is 5.91 Å². The van der Waals surface area contributed by atoms with Crippen molar-refractivity contribution in [2.75, 3.05) is 58.7 Å². The number of piperazine rings is 1. The van der Waals surface area contributed by atoms with Gasteiger partial charge in [0.25, 0.3) is 5.91 Å². The third kappa shape index (κ3) is 7.75. The smallest absolute Gasteiger partial charge is 0.253 e. The van der Waals surface area contributed by atoms with Crippen molar-refractivity contribution >= 4 is 29.1 Å². The van der Waals surface area contributed by atoms with Crippen LogP contribution in [0.1, 0.15) is 24.2 Å².